The molecule has 4 bridgehead atoms. The molecule has 2 saturated carbocycles. The van der Waals surface area contributed by atoms with Crippen molar-refractivity contribution in [1.82, 2.24) is 0 Å². The van der Waals surface area contributed by atoms with Gasteiger partial charge in [0.15, 0.2) is 5.78 Å². The second kappa shape index (κ2) is 3.86. The standard InChI is InChI=1S/C21H24O/c22-16-8-6-12-5-7-15(16)20-17(12)18-13-3-4-14(11-13)19(18)21(20)9-1-2-10-21/h5-8,12-15,17,20H,1-4,9-11H2/t12-,13+,14+,15-,17-,20-/m1/s1. The quantitative estimate of drug-likeness (QED) is 0.602. The molecule has 7 aliphatic rings. The minimum Gasteiger partial charge on any atom is -0.294 e. The van der Waals surface area contributed by atoms with Crippen LogP contribution in [0.25, 0.3) is 0 Å². The van der Waals surface area contributed by atoms with Crippen molar-refractivity contribution in [3.8, 4) is 0 Å². The van der Waals surface area contributed by atoms with Gasteiger partial charge in [0, 0.05) is 11.8 Å². The molecular weight excluding hydrogens is 268 g/mol. The number of carbonyl (C=O) groups excluding carboxylic acids is 1. The lowest BCUT2D eigenvalue weighted by molar-refractivity contribution is -0.120. The van der Waals surface area contributed by atoms with E-state index in [4.69, 9.17) is 0 Å². The Morgan fingerprint density at radius 2 is 1.82 bits per heavy atom. The Bertz CT molecular complexity index is 657. The Morgan fingerprint density at radius 1 is 1.00 bits per heavy atom. The lowest BCUT2D eigenvalue weighted by Gasteiger charge is -2.44. The number of allylic oxidation sites excluding steroid dienone is 6. The van der Waals surface area contributed by atoms with E-state index in [0.717, 1.165) is 11.8 Å². The molecule has 1 heteroatoms. The fourth-order valence-electron chi connectivity index (χ4n) is 7.73. The summed E-state index contributed by atoms with van der Waals surface area (Å²) in [6.45, 7) is 0. The van der Waals surface area contributed by atoms with E-state index in [9.17, 15) is 4.79 Å². The third-order valence-corrected chi connectivity index (χ3v) is 8.16. The Morgan fingerprint density at radius 3 is 2.68 bits per heavy atom. The maximum absolute atomic E-state index is 12.7. The van der Waals surface area contributed by atoms with E-state index >= 15 is 0 Å². The van der Waals surface area contributed by atoms with Gasteiger partial charge in [0.1, 0.15) is 0 Å². The normalized spacial score (nSPS) is 49.4. The third kappa shape index (κ3) is 1.20. The van der Waals surface area contributed by atoms with Gasteiger partial charge < -0.3 is 0 Å². The number of fused-ring (bicyclic) bond motifs is 6. The third-order valence-electron chi connectivity index (χ3n) is 8.16. The minimum atomic E-state index is 0.183. The molecule has 7 aliphatic carbocycles. The van der Waals surface area contributed by atoms with E-state index in [1.807, 2.05) is 17.2 Å². The van der Waals surface area contributed by atoms with Crippen LogP contribution in [0, 0.1) is 40.9 Å². The van der Waals surface area contributed by atoms with Gasteiger partial charge in [0.2, 0.25) is 0 Å². The van der Waals surface area contributed by atoms with Gasteiger partial charge in [0.05, 0.1) is 0 Å². The summed E-state index contributed by atoms with van der Waals surface area (Å²) in [5.41, 5.74) is 4.22. The summed E-state index contributed by atoms with van der Waals surface area (Å²) in [6, 6.07) is 0. The minimum absolute atomic E-state index is 0.183. The number of ketones is 1. The molecule has 114 valence electrons. The summed E-state index contributed by atoms with van der Waals surface area (Å²) in [6.07, 6.45) is 18.7. The molecular formula is C21H24O. The average molecular weight is 292 g/mol. The van der Waals surface area contributed by atoms with Crippen LogP contribution in [0.4, 0.5) is 0 Å². The summed E-state index contributed by atoms with van der Waals surface area (Å²) in [5.74, 6) is 4.15. The van der Waals surface area contributed by atoms with Crippen LogP contribution in [0.1, 0.15) is 44.9 Å². The van der Waals surface area contributed by atoms with Gasteiger partial charge in [-0.1, -0.05) is 42.2 Å². The zero-order chi connectivity index (χ0) is 14.5. The fourth-order valence-corrected chi connectivity index (χ4v) is 7.73. The molecule has 0 amide bonds. The molecule has 0 unspecified atom stereocenters. The molecule has 0 aromatic carbocycles. The van der Waals surface area contributed by atoms with E-state index in [1.54, 1.807) is 0 Å². The highest BCUT2D eigenvalue weighted by Gasteiger charge is 2.64. The van der Waals surface area contributed by atoms with E-state index in [0.29, 0.717) is 29.0 Å². The number of carbonyl (C=O) groups is 1. The molecule has 0 radical (unpaired) electrons. The highest BCUT2D eigenvalue weighted by Crippen LogP contribution is 2.73. The summed E-state index contributed by atoms with van der Waals surface area (Å²) in [5, 5.41) is 0. The fraction of sp³-hybridized carbons (Fsp3) is 0.667. The van der Waals surface area contributed by atoms with Crippen molar-refractivity contribution in [2.45, 2.75) is 44.9 Å². The van der Waals surface area contributed by atoms with Crippen molar-refractivity contribution < 1.29 is 4.79 Å². The van der Waals surface area contributed by atoms with Crippen LogP contribution < -0.4 is 0 Å². The molecule has 1 nitrogen and oxygen atoms in total. The summed E-state index contributed by atoms with van der Waals surface area (Å²) >= 11 is 0. The Kier molecular flexibility index (Phi) is 2.16. The van der Waals surface area contributed by atoms with Crippen LogP contribution in [0.3, 0.4) is 0 Å². The lowest BCUT2D eigenvalue weighted by atomic mass is 9.59. The molecule has 22 heavy (non-hydrogen) atoms. The van der Waals surface area contributed by atoms with Gasteiger partial charge in [-0.2, -0.15) is 0 Å². The van der Waals surface area contributed by atoms with Crippen LogP contribution in [0.2, 0.25) is 0 Å². The largest absolute Gasteiger partial charge is 0.294 e. The molecule has 1 spiro atoms. The summed E-state index contributed by atoms with van der Waals surface area (Å²) in [4.78, 5) is 12.7. The van der Waals surface area contributed by atoms with E-state index in [-0.39, 0.29) is 5.92 Å². The maximum Gasteiger partial charge on any atom is 0.162 e. The summed E-state index contributed by atoms with van der Waals surface area (Å²) in [7, 11) is 0. The van der Waals surface area contributed by atoms with Gasteiger partial charge in [-0.15, -0.1) is 0 Å². The molecule has 0 saturated heterocycles. The lowest BCUT2D eigenvalue weighted by Crippen LogP contribution is -2.41. The Balaban J connectivity index is 1.61. The first kappa shape index (κ1) is 12.3. The van der Waals surface area contributed by atoms with Crippen LogP contribution in [0.15, 0.2) is 35.5 Å². The second-order valence-electron chi connectivity index (χ2n) is 8.74. The molecule has 0 N–H and O–H groups in total. The predicted octanol–water partition coefficient (Wildman–Crippen LogP) is 4.46. The van der Waals surface area contributed by atoms with E-state index < -0.39 is 0 Å². The molecule has 7 rings (SSSR count). The van der Waals surface area contributed by atoms with E-state index in [2.05, 4.69) is 18.2 Å². The first-order valence-corrected chi connectivity index (χ1v) is 9.44. The predicted molar refractivity (Wildman–Crippen MR) is 86.0 cm³/mol. The first-order chi connectivity index (χ1) is 10.8. The number of hydrogen-bond acceptors (Lipinski definition) is 1. The highest BCUT2D eigenvalue weighted by atomic mass is 16.1. The summed E-state index contributed by atoms with van der Waals surface area (Å²) < 4.78 is 0. The number of hydrogen-bond donors (Lipinski definition) is 0. The Hall–Kier alpha value is -1.11. The smallest absolute Gasteiger partial charge is 0.162 e. The van der Waals surface area contributed by atoms with Crippen molar-refractivity contribution in [2.24, 2.45) is 40.9 Å². The van der Waals surface area contributed by atoms with E-state index in [1.165, 1.54) is 44.9 Å². The van der Waals surface area contributed by atoms with Gasteiger partial charge in [-0.25, -0.2) is 0 Å². The molecule has 0 aromatic heterocycles. The zero-order valence-corrected chi connectivity index (χ0v) is 13.1. The monoisotopic (exact) mass is 292 g/mol. The topological polar surface area (TPSA) is 17.1 Å². The highest BCUT2D eigenvalue weighted by molar-refractivity contribution is 5.94. The molecule has 2 fully saturated rings. The zero-order valence-electron chi connectivity index (χ0n) is 13.1. The van der Waals surface area contributed by atoms with Crippen LogP contribution in [0.5, 0.6) is 0 Å². The van der Waals surface area contributed by atoms with Crippen molar-refractivity contribution >= 4 is 5.78 Å². The van der Waals surface area contributed by atoms with Gasteiger partial charge in [-0.05, 0) is 67.3 Å². The van der Waals surface area contributed by atoms with Crippen LogP contribution >= 0.6 is 0 Å². The van der Waals surface area contributed by atoms with Crippen LogP contribution in [-0.2, 0) is 4.79 Å². The molecule has 6 atom stereocenters. The van der Waals surface area contributed by atoms with Gasteiger partial charge in [-0.3, -0.25) is 4.79 Å². The molecule has 0 aromatic rings. The number of rotatable bonds is 0. The van der Waals surface area contributed by atoms with Crippen molar-refractivity contribution in [3.63, 3.8) is 0 Å². The Labute approximate surface area is 132 Å². The first-order valence-electron chi connectivity index (χ1n) is 9.44. The van der Waals surface area contributed by atoms with Crippen molar-refractivity contribution in [1.29, 1.82) is 0 Å². The van der Waals surface area contributed by atoms with Gasteiger partial charge >= 0.3 is 0 Å². The van der Waals surface area contributed by atoms with Crippen molar-refractivity contribution in [3.05, 3.63) is 35.5 Å². The SMILES string of the molecule is O=C1C=C[C@H]2C=C[C@H]1[C@@H]1[C@H]2C2=C([C@H]3CC[C@H]2C3)C12CCCC2. The molecule has 0 heterocycles. The van der Waals surface area contributed by atoms with Crippen molar-refractivity contribution in [2.75, 3.05) is 0 Å². The second-order valence-corrected chi connectivity index (χ2v) is 8.74. The average Bonchev–Trinajstić information content (AvgIpc) is 3.27. The maximum atomic E-state index is 12.7. The molecule has 0 aliphatic heterocycles. The van der Waals surface area contributed by atoms with Crippen LogP contribution in [-0.4, -0.2) is 5.78 Å². The van der Waals surface area contributed by atoms with Gasteiger partial charge in [0.25, 0.3) is 0 Å².